The number of esters is 1. The van der Waals surface area contributed by atoms with Crippen LogP contribution in [0.3, 0.4) is 0 Å². The lowest BCUT2D eigenvalue weighted by molar-refractivity contribution is 0.0201. The van der Waals surface area contributed by atoms with Crippen LogP contribution in [0.2, 0.25) is 5.02 Å². The van der Waals surface area contributed by atoms with Crippen LogP contribution in [-0.2, 0) is 4.74 Å². The summed E-state index contributed by atoms with van der Waals surface area (Å²) in [5.74, 6) is -0.423. The molecule has 6 nitrogen and oxygen atoms in total. The molecule has 5 rings (SSSR count). The zero-order valence-corrected chi connectivity index (χ0v) is 16.3. The van der Waals surface area contributed by atoms with Gasteiger partial charge in [0, 0.05) is 11.6 Å². The molecular formula is C21H22ClN3O3. The van der Waals surface area contributed by atoms with Gasteiger partial charge in [-0.2, -0.15) is 0 Å². The van der Waals surface area contributed by atoms with Gasteiger partial charge in [0.2, 0.25) is 0 Å². The Balaban J connectivity index is 1.58. The van der Waals surface area contributed by atoms with Gasteiger partial charge in [0.05, 0.1) is 23.0 Å². The van der Waals surface area contributed by atoms with Crippen molar-refractivity contribution in [2.24, 2.45) is 0 Å². The molecule has 0 radical (unpaired) electrons. The van der Waals surface area contributed by atoms with Gasteiger partial charge in [-0.25, -0.2) is 9.78 Å². The Morgan fingerprint density at radius 3 is 2.79 bits per heavy atom. The number of nitrogens with zero attached hydrogens (tertiary/aromatic N) is 3. The minimum absolute atomic E-state index is 0.0308. The van der Waals surface area contributed by atoms with Crippen molar-refractivity contribution in [3.63, 3.8) is 0 Å². The van der Waals surface area contributed by atoms with Crippen molar-refractivity contribution in [3.8, 4) is 5.69 Å². The van der Waals surface area contributed by atoms with Gasteiger partial charge in [-0.05, 0) is 56.7 Å². The number of carbonyl (C=O) groups excluding carboxylic acids is 2. The van der Waals surface area contributed by atoms with Crippen molar-refractivity contribution < 1.29 is 14.3 Å². The summed E-state index contributed by atoms with van der Waals surface area (Å²) in [6.07, 6.45) is 8.53. The molecule has 1 unspecified atom stereocenters. The molecule has 1 aromatic carbocycles. The Bertz CT molecular complexity index is 948. The van der Waals surface area contributed by atoms with E-state index in [1.807, 2.05) is 15.5 Å². The molecule has 146 valence electrons. The van der Waals surface area contributed by atoms with Crippen LogP contribution in [0.4, 0.5) is 0 Å². The third-order valence-corrected chi connectivity index (χ3v) is 6.34. The number of amides is 1. The third kappa shape index (κ3) is 2.82. The Kier molecular flexibility index (Phi) is 4.38. The highest BCUT2D eigenvalue weighted by molar-refractivity contribution is 6.31. The lowest BCUT2D eigenvalue weighted by Gasteiger charge is -2.24. The smallest absolute Gasteiger partial charge is 0.359 e. The minimum Gasteiger partial charge on any atom is -0.458 e. The van der Waals surface area contributed by atoms with Crippen LogP contribution in [0.1, 0.15) is 77.5 Å². The Morgan fingerprint density at radius 2 is 1.96 bits per heavy atom. The number of aromatic nitrogens is 2. The van der Waals surface area contributed by atoms with Crippen molar-refractivity contribution in [3.05, 3.63) is 46.5 Å². The van der Waals surface area contributed by atoms with Crippen LogP contribution in [-0.4, -0.2) is 39.0 Å². The molecule has 2 aliphatic heterocycles. The second kappa shape index (κ2) is 6.92. The van der Waals surface area contributed by atoms with E-state index in [0.29, 0.717) is 28.5 Å². The monoisotopic (exact) mass is 399 g/mol. The van der Waals surface area contributed by atoms with E-state index in [0.717, 1.165) is 44.2 Å². The topological polar surface area (TPSA) is 64.4 Å². The van der Waals surface area contributed by atoms with Crippen molar-refractivity contribution in [1.82, 2.24) is 14.5 Å². The van der Waals surface area contributed by atoms with Crippen molar-refractivity contribution in [2.75, 3.05) is 6.54 Å². The van der Waals surface area contributed by atoms with Crippen LogP contribution in [0, 0.1) is 0 Å². The lowest BCUT2D eigenvalue weighted by atomic mass is 9.98. The number of hydrogen-bond acceptors (Lipinski definition) is 4. The van der Waals surface area contributed by atoms with E-state index in [1.165, 1.54) is 6.42 Å². The summed E-state index contributed by atoms with van der Waals surface area (Å²) >= 11 is 6.16. The third-order valence-electron chi connectivity index (χ3n) is 6.10. The highest BCUT2D eigenvalue weighted by Crippen LogP contribution is 2.40. The number of benzene rings is 1. The Labute approximate surface area is 168 Å². The molecule has 0 spiro atoms. The summed E-state index contributed by atoms with van der Waals surface area (Å²) in [7, 11) is 0. The summed E-state index contributed by atoms with van der Waals surface area (Å²) in [5, 5.41) is 0.517. The SMILES string of the molecule is O=C(OC1CCCCC1)c1ncn2c1C1CCCN1C(=O)c1cc(Cl)ccc1-2. The maximum absolute atomic E-state index is 13.2. The van der Waals surface area contributed by atoms with E-state index in [9.17, 15) is 9.59 Å². The standard InChI is InChI=1S/C21H22ClN3O3/c22-13-8-9-16-15(11-13)20(26)24-10-4-7-17(24)19-18(23-12-25(16)19)21(27)28-14-5-2-1-3-6-14/h8-9,11-12,14,17H,1-7,10H2. The first kappa shape index (κ1) is 17.7. The fraction of sp³-hybridized carbons (Fsp3) is 0.476. The summed E-state index contributed by atoms with van der Waals surface area (Å²) in [4.78, 5) is 32.4. The quantitative estimate of drug-likeness (QED) is 0.706. The number of hydrogen-bond donors (Lipinski definition) is 0. The average Bonchev–Trinajstić information content (AvgIpc) is 3.33. The number of halogens is 1. The Hall–Kier alpha value is -2.34. The summed E-state index contributed by atoms with van der Waals surface area (Å²) in [6.45, 7) is 0.664. The van der Waals surface area contributed by atoms with Gasteiger partial charge in [-0.3, -0.25) is 9.36 Å². The summed E-state index contributed by atoms with van der Waals surface area (Å²) in [6, 6.07) is 5.10. The number of fused-ring (bicyclic) bond motifs is 5. The molecule has 2 fully saturated rings. The summed E-state index contributed by atoms with van der Waals surface area (Å²) in [5.41, 5.74) is 2.34. The molecule has 1 aromatic heterocycles. The first-order valence-electron chi connectivity index (χ1n) is 10.0. The second-order valence-electron chi connectivity index (χ2n) is 7.83. The summed E-state index contributed by atoms with van der Waals surface area (Å²) < 4.78 is 7.66. The molecule has 0 bridgehead atoms. The predicted molar refractivity (Wildman–Crippen MR) is 104 cm³/mol. The highest BCUT2D eigenvalue weighted by atomic mass is 35.5. The van der Waals surface area contributed by atoms with Gasteiger partial charge in [0.25, 0.3) is 5.91 Å². The maximum Gasteiger partial charge on any atom is 0.359 e. The van der Waals surface area contributed by atoms with E-state index >= 15 is 0 Å². The van der Waals surface area contributed by atoms with Crippen LogP contribution in [0.25, 0.3) is 5.69 Å². The fourth-order valence-electron chi connectivity index (χ4n) is 4.75. The van der Waals surface area contributed by atoms with Gasteiger partial charge >= 0.3 is 5.97 Å². The molecule has 1 amide bonds. The lowest BCUT2D eigenvalue weighted by Crippen LogP contribution is -2.30. The van der Waals surface area contributed by atoms with Crippen LogP contribution < -0.4 is 0 Å². The van der Waals surface area contributed by atoms with E-state index in [1.54, 1.807) is 18.5 Å². The number of ether oxygens (including phenoxy) is 1. The molecule has 1 saturated heterocycles. The predicted octanol–water partition coefficient (Wildman–Crippen LogP) is 4.31. The largest absolute Gasteiger partial charge is 0.458 e. The van der Waals surface area contributed by atoms with E-state index in [-0.39, 0.29) is 24.0 Å². The van der Waals surface area contributed by atoms with Crippen molar-refractivity contribution in [1.29, 1.82) is 0 Å². The fourth-order valence-corrected chi connectivity index (χ4v) is 4.93. The molecule has 3 aliphatic rings. The normalized spacial score (nSPS) is 21.7. The van der Waals surface area contributed by atoms with E-state index < -0.39 is 0 Å². The van der Waals surface area contributed by atoms with E-state index in [2.05, 4.69) is 4.98 Å². The van der Waals surface area contributed by atoms with Crippen LogP contribution >= 0.6 is 11.6 Å². The molecule has 1 aliphatic carbocycles. The second-order valence-corrected chi connectivity index (χ2v) is 8.27. The molecule has 1 saturated carbocycles. The zero-order chi connectivity index (χ0) is 19.3. The van der Waals surface area contributed by atoms with Gasteiger partial charge in [0.1, 0.15) is 12.4 Å². The first-order valence-corrected chi connectivity index (χ1v) is 10.4. The maximum atomic E-state index is 13.2. The highest BCUT2D eigenvalue weighted by Gasteiger charge is 2.40. The zero-order valence-electron chi connectivity index (χ0n) is 15.6. The Morgan fingerprint density at radius 1 is 1.14 bits per heavy atom. The first-order chi connectivity index (χ1) is 13.6. The van der Waals surface area contributed by atoms with Gasteiger partial charge in [-0.15, -0.1) is 0 Å². The minimum atomic E-state index is -0.377. The van der Waals surface area contributed by atoms with Crippen molar-refractivity contribution >= 4 is 23.5 Å². The molecule has 7 heteroatoms. The average molecular weight is 400 g/mol. The van der Waals surface area contributed by atoms with Gasteiger partial charge in [-0.1, -0.05) is 18.0 Å². The van der Waals surface area contributed by atoms with Crippen LogP contribution in [0.5, 0.6) is 0 Å². The molecule has 1 atom stereocenters. The number of imidazole rings is 1. The van der Waals surface area contributed by atoms with Crippen LogP contribution in [0.15, 0.2) is 24.5 Å². The molecular weight excluding hydrogens is 378 g/mol. The molecule has 28 heavy (non-hydrogen) atoms. The van der Waals surface area contributed by atoms with E-state index in [4.69, 9.17) is 16.3 Å². The molecule has 0 N–H and O–H groups in total. The molecule has 3 heterocycles. The number of rotatable bonds is 2. The van der Waals surface area contributed by atoms with Crippen molar-refractivity contribution in [2.45, 2.75) is 57.1 Å². The molecule has 2 aromatic rings. The van der Waals surface area contributed by atoms with Gasteiger partial charge < -0.3 is 9.64 Å². The number of carbonyl (C=O) groups is 2. The van der Waals surface area contributed by atoms with Gasteiger partial charge in [0.15, 0.2) is 5.69 Å².